The van der Waals surface area contributed by atoms with E-state index in [-0.39, 0.29) is 36.4 Å². The lowest BCUT2D eigenvalue weighted by Gasteiger charge is -2.17. The first-order chi connectivity index (χ1) is 12.3. The van der Waals surface area contributed by atoms with Crippen molar-refractivity contribution < 1.29 is 9.53 Å². The Morgan fingerprint density at radius 1 is 1.15 bits per heavy atom. The summed E-state index contributed by atoms with van der Waals surface area (Å²) in [7, 11) is 5.15. The van der Waals surface area contributed by atoms with E-state index >= 15 is 0 Å². The summed E-state index contributed by atoms with van der Waals surface area (Å²) in [6, 6.07) is 8.18. The number of halogens is 1. The fraction of sp³-hybridized carbons (Fsp3) is 0.600. The summed E-state index contributed by atoms with van der Waals surface area (Å²) in [6.45, 7) is 8.23. The molecule has 0 fully saturated rings. The monoisotopic (exact) mass is 490 g/mol. The molecular formula is C20H35IN4O2. The van der Waals surface area contributed by atoms with Gasteiger partial charge in [-0.2, -0.15) is 0 Å². The second-order valence-electron chi connectivity index (χ2n) is 7.12. The summed E-state index contributed by atoms with van der Waals surface area (Å²) in [5, 5.41) is 6.63. The summed E-state index contributed by atoms with van der Waals surface area (Å²) in [5.41, 5.74) is 1.28. The van der Waals surface area contributed by atoms with Gasteiger partial charge in [-0.15, -0.1) is 24.0 Å². The van der Waals surface area contributed by atoms with Crippen LogP contribution in [0, 0.1) is 5.92 Å². The molecule has 0 saturated carbocycles. The van der Waals surface area contributed by atoms with Crippen molar-refractivity contribution in [2.75, 3.05) is 40.8 Å². The Kier molecular flexibility index (Phi) is 12.9. The van der Waals surface area contributed by atoms with E-state index in [1.165, 1.54) is 5.56 Å². The molecule has 7 heteroatoms. The highest BCUT2D eigenvalue weighted by atomic mass is 127. The zero-order chi connectivity index (χ0) is 19.5. The van der Waals surface area contributed by atoms with Gasteiger partial charge in [0.05, 0.1) is 7.11 Å². The second kappa shape index (κ2) is 13.6. The largest absolute Gasteiger partial charge is 0.497 e. The van der Waals surface area contributed by atoms with E-state index in [1.807, 2.05) is 12.1 Å². The van der Waals surface area contributed by atoms with E-state index in [4.69, 9.17) is 4.74 Å². The Morgan fingerprint density at radius 2 is 1.78 bits per heavy atom. The average Bonchev–Trinajstić information content (AvgIpc) is 2.62. The molecule has 0 saturated heterocycles. The lowest BCUT2D eigenvalue weighted by Crippen LogP contribution is -2.40. The molecule has 27 heavy (non-hydrogen) atoms. The van der Waals surface area contributed by atoms with Gasteiger partial charge in [0, 0.05) is 27.2 Å². The highest BCUT2D eigenvalue weighted by Gasteiger charge is 2.08. The topological polar surface area (TPSA) is 66.0 Å². The minimum atomic E-state index is -0.0118. The van der Waals surface area contributed by atoms with Crippen LogP contribution < -0.4 is 15.4 Å². The number of likely N-dealkylation sites (N-methyl/N-ethyl adjacent to an activating group) is 1. The molecule has 0 aliphatic carbocycles. The highest BCUT2D eigenvalue weighted by Crippen LogP contribution is 2.21. The third kappa shape index (κ3) is 10.4. The maximum absolute atomic E-state index is 11.8. The molecule has 2 N–H and O–H groups in total. The lowest BCUT2D eigenvalue weighted by molar-refractivity contribution is -0.127. The average molecular weight is 490 g/mol. The molecule has 6 nitrogen and oxygen atoms in total. The van der Waals surface area contributed by atoms with Crippen LogP contribution in [0.4, 0.5) is 0 Å². The molecule has 0 aliphatic rings. The SMILES string of the molecule is COc1ccc(C(C)CCNC(=NCC(=O)N(C)C)NCC(C)C)cc1.I. The summed E-state index contributed by atoms with van der Waals surface area (Å²) in [5.74, 6) is 2.47. The summed E-state index contributed by atoms with van der Waals surface area (Å²) in [6.07, 6.45) is 0.969. The summed E-state index contributed by atoms with van der Waals surface area (Å²) in [4.78, 5) is 17.7. The molecule has 1 atom stereocenters. The minimum Gasteiger partial charge on any atom is -0.497 e. The Hall–Kier alpha value is -1.51. The fourth-order valence-corrected chi connectivity index (χ4v) is 2.27. The van der Waals surface area contributed by atoms with Crippen LogP contribution in [0.2, 0.25) is 0 Å². The number of ether oxygens (including phenoxy) is 1. The third-order valence-electron chi connectivity index (χ3n) is 4.10. The van der Waals surface area contributed by atoms with Gasteiger partial charge >= 0.3 is 0 Å². The molecule has 1 unspecified atom stereocenters. The number of rotatable bonds is 9. The molecule has 1 amide bonds. The van der Waals surface area contributed by atoms with Gasteiger partial charge in [0.1, 0.15) is 12.3 Å². The molecule has 0 aromatic heterocycles. The molecule has 0 bridgehead atoms. The van der Waals surface area contributed by atoms with E-state index in [2.05, 4.69) is 48.5 Å². The van der Waals surface area contributed by atoms with Crippen molar-refractivity contribution in [3.05, 3.63) is 29.8 Å². The van der Waals surface area contributed by atoms with Gasteiger partial charge in [-0.3, -0.25) is 4.79 Å². The highest BCUT2D eigenvalue weighted by molar-refractivity contribution is 14.0. The Bertz CT molecular complexity index is 574. The molecule has 1 rings (SSSR count). The Labute approximate surface area is 181 Å². The van der Waals surface area contributed by atoms with Crippen molar-refractivity contribution in [1.29, 1.82) is 0 Å². The van der Waals surface area contributed by atoms with Gasteiger partial charge in [0.25, 0.3) is 0 Å². The first kappa shape index (κ1) is 25.5. The number of benzene rings is 1. The quantitative estimate of drug-likeness (QED) is 0.317. The minimum absolute atomic E-state index is 0. The maximum Gasteiger partial charge on any atom is 0.243 e. The van der Waals surface area contributed by atoms with Gasteiger partial charge in [-0.05, 0) is 36.0 Å². The van der Waals surface area contributed by atoms with E-state index in [0.29, 0.717) is 17.8 Å². The van der Waals surface area contributed by atoms with Crippen molar-refractivity contribution in [3.63, 3.8) is 0 Å². The summed E-state index contributed by atoms with van der Waals surface area (Å²) >= 11 is 0. The molecule has 0 radical (unpaired) electrons. The lowest BCUT2D eigenvalue weighted by atomic mass is 9.98. The zero-order valence-corrected chi connectivity index (χ0v) is 19.7. The predicted molar refractivity (Wildman–Crippen MR) is 123 cm³/mol. The molecule has 0 aliphatic heterocycles. The molecule has 0 spiro atoms. The van der Waals surface area contributed by atoms with Gasteiger partial charge in [0.2, 0.25) is 5.91 Å². The van der Waals surface area contributed by atoms with Gasteiger partial charge in [-0.25, -0.2) is 4.99 Å². The van der Waals surface area contributed by atoms with Crippen LogP contribution >= 0.6 is 24.0 Å². The first-order valence-electron chi connectivity index (χ1n) is 9.19. The molecule has 1 aromatic rings. The normalized spacial score (nSPS) is 12.2. The van der Waals surface area contributed by atoms with Crippen molar-refractivity contribution in [2.45, 2.75) is 33.1 Å². The van der Waals surface area contributed by atoms with Crippen molar-refractivity contribution in [2.24, 2.45) is 10.9 Å². The number of hydrogen-bond donors (Lipinski definition) is 2. The van der Waals surface area contributed by atoms with Crippen LogP contribution in [0.15, 0.2) is 29.3 Å². The number of methoxy groups -OCH3 is 1. The van der Waals surface area contributed by atoms with Crippen molar-refractivity contribution >= 4 is 35.8 Å². The molecule has 1 aromatic carbocycles. The van der Waals surface area contributed by atoms with Crippen molar-refractivity contribution in [3.8, 4) is 5.75 Å². The number of amides is 1. The maximum atomic E-state index is 11.8. The van der Waals surface area contributed by atoms with Crippen LogP contribution in [0.5, 0.6) is 5.75 Å². The van der Waals surface area contributed by atoms with E-state index in [0.717, 1.165) is 25.3 Å². The fourth-order valence-electron chi connectivity index (χ4n) is 2.27. The standard InChI is InChI=1S/C20H34N4O2.HI/c1-15(2)13-22-20(23-14-19(25)24(4)5)21-12-11-16(3)17-7-9-18(26-6)10-8-17;/h7-10,15-16H,11-14H2,1-6H3,(H2,21,22,23);1H. The van der Waals surface area contributed by atoms with Crippen LogP contribution in [-0.2, 0) is 4.79 Å². The third-order valence-corrected chi connectivity index (χ3v) is 4.10. The molecular weight excluding hydrogens is 455 g/mol. The molecule has 154 valence electrons. The molecule has 0 heterocycles. The number of nitrogens with one attached hydrogen (secondary N) is 2. The van der Waals surface area contributed by atoms with E-state index in [1.54, 1.807) is 26.1 Å². The zero-order valence-electron chi connectivity index (χ0n) is 17.4. The van der Waals surface area contributed by atoms with Crippen molar-refractivity contribution in [1.82, 2.24) is 15.5 Å². The number of carbonyl (C=O) groups excluding carboxylic acids is 1. The summed E-state index contributed by atoms with van der Waals surface area (Å²) < 4.78 is 5.20. The number of aliphatic imine (C=N–C) groups is 1. The smallest absolute Gasteiger partial charge is 0.243 e. The van der Waals surface area contributed by atoms with Crippen LogP contribution in [-0.4, -0.2) is 57.6 Å². The van der Waals surface area contributed by atoms with Gasteiger partial charge in [0.15, 0.2) is 5.96 Å². The first-order valence-corrected chi connectivity index (χ1v) is 9.19. The van der Waals surface area contributed by atoms with Crippen LogP contribution in [0.25, 0.3) is 0 Å². The van der Waals surface area contributed by atoms with E-state index < -0.39 is 0 Å². The number of hydrogen-bond acceptors (Lipinski definition) is 3. The number of carbonyl (C=O) groups is 1. The van der Waals surface area contributed by atoms with Crippen LogP contribution in [0.1, 0.15) is 38.7 Å². The number of nitrogens with zero attached hydrogens (tertiary/aromatic N) is 2. The van der Waals surface area contributed by atoms with Gasteiger partial charge in [-0.1, -0.05) is 32.9 Å². The Morgan fingerprint density at radius 3 is 2.30 bits per heavy atom. The second-order valence-corrected chi connectivity index (χ2v) is 7.12. The Balaban J connectivity index is 0.00000676. The number of guanidine groups is 1. The van der Waals surface area contributed by atoms with Gasteiger partial charge < -0.3 is 20.3 Å². The van der Waals surface area contributed by atoms with Crippen LogP contribution in [0.3, 0.4) is 0 Å². The predicted octanol–water partition coefficient (Wildman–Crippen LogP) is 3.09. The van der Waals surface area contributed by atoms with E-state index in [9.17, 15) is 4.79 Å².